The lowest BCUT2D eigenvalue weighted by Crippen LogP contribution is -2.58. The van der Waals surface area contributed by atoms with Crippen molar-refractivity contribution in [2.45, 2.75) is 32.7 Å². The summed E-state index contributed by atoms with van der Waals surface area (Å²) in [5, 5.41) is 2.70. The van der Waals surface area contributed by atoms with Gasteiger partial charge in [-0.2, -0.15) is 0 Å². The van der Waals surface area contributed by atoms with Gasteiger partial charge in [0.15, 0.2) is 11.5 Å². The number of urea groups is 1. The number of carbonyl (C=O) groups is 4. The lowest BCUT2D eigenvalue weighted by atomic mass is 9.98. The molecule has 5 N–H and O–H groups in total. The maximum atomic E-state index is 12.9. The molecule has 12 nitrogen and oxygen atoms in total. The predicted molar refractivity (Wildman–Crippen MR) is 152 cm³/mol. The SMILES string of the molecule is CCC(C)C(NC(=O)c1ccc(OC)c(OC)c1)C(=O)NNC(=O)NNC(=O)Cc1cccc(-c2ccccn2)c1. The molecule has 3 aromatic rings. The number of hydrogen-bond donors (Lipinski definition) is 5. The number of rotatable bonds is 10. The van der Waals surface area contributed by atoms with Crippen molar-refractivity contribution in [1.82, 2.24) is 32.0 Å². The fraction of sp³-hybridized carbons (Fsp3) is 0.276. The number of hydrazine groups is 2. The van der Waals surface area contributed by atoms with Crippen LogP contribution in [0, 0.1) is 5.92 Å². The number of ether oxygens (including phenoxy) is 2. The molecule has 0 aliphatic carbocycles. The molecule has 2 unspecified atom stereocenters. The van der Waals surface area contributed by atoms with Crippen molar-refractivity contribution in [1.29, 1.82) is 0 Å². The van der Waals surface area contributed by atoms with E-state index in [4.69, 9.17) is 9.47 Å². The van der Waals surface area contributed by atoms with Crippen LogP contribution in [0.3, 0.4) is 0 Å². The minimum Gasteiger partial charge on any atom is -0.493 e. The van der Waals surface area contributed by atoms with Gasteiger partial charge in [0.1, 0.15) is 6.04 Å². The van der Waals surface area contributed by atoms with Crippen molar-refractivity contribution in [3.8, 4) is 22.8 Å². The van der Waals surface area contributed by atoms with Gasteiger partial charge < -0.3 is 14.8 Å². The van der Waals surface area contributed by atoms with Crippen LogP contribution in [0.25, 0.3) is 11.3 Å². The molecule has 3 rings (SSSR count). The summed E-state index contributed by atoms with van der Waals surface area (Å²) in [6, 6.07) is 15.7. The first-order valence-corrected chi connectivity index (χ1v) is 12.9. The normalized spacial score (nSPS) is 11.8. The Kier molecular flexibility index (Phi) is 11.0. The number of hydrogen-bond acceptors (Lipinski definition) is 7. The Morgan fingerprint density at radius 2 is 1.61 bits per heavy atom. The summed E-state index contributed by atoms with van der Waals surface area (Å²) in [6.07, 6.45) is 2.27. The van der Waals surface area contributed by atoms with E-state index in [-0.39, 0.29) is 17.9 Å². The zero-order valence-electron chi connectivity index (χ0n) is 23.3. The maximum absolute atomic E-state index is 12.9. The van der Waals surface area contributed by atoms with E-state index in [2.05, 4.69) is 32.0 Å². The van der Waals surface area contributed by atoms with Gasteiger partial charge in [0.2, 0.25) is 5.91 Å². The van der Waals surface area contributed by atoms with Crippen molar-refractivity contribution in [3.05, 3.63) is 78.0 Å². The first-order valence-electron chi connectivity index (χ1n) is 12.9. The second kappa shape index (κ2) is 14.9. The molecule has 0 radical (unpaired) electrons. The molecule has 0 spiro atoms. The Morgan fingerprint density at radius 1 is 0.854 bits per heavy atom. The van der Waals surface area contributed by atoms with Crippen molar-refractivity contribution >= 4 is 23.8 Å². The highest BCUT2D eigenvalue weighted by Crippen LogP contribution is 2.27. The summed E-state index contributed by atoms with van der Waals surface area (Å²) < 4.78 is 10.4. The van der Waals surface area contributed by atoms with Crippen molar-refractivity contribution < 1.29 is 28.7 Å². The number of pyridine rings is 1. The highest BCUT2D eigenvalue weighted by molar-refractivity contribution is 5.98. The summed E-state index contributed by atoms with van der Waals surface area (Å²) in [5.74, 6) is -1.04. The van der Waals surface area contributed by atoms with E-state index in [1.54, 1.807) is 31.3 Å². The van der Waals surface area contributed by atoms with Gasteiger partial charge in [-0.05, 0) is 47.9 Å². The largest absolute Gasteiger partial charge is 0.493 e. The second-order valence-corrected chi connectivity index (χ2v) is 9.12. The lowest BCUT2D eigenvalue weighted by molar-refractivity contribution is -0.124. The van der Waals surface area contributed by atoms with Crippen LogP contribution in [-0.2, 0) is 16.0 Å². The predicted octanol–water partition coefficient (Wildman–Crippen LogP) is 2.51. The number of aromatic nitrogens is 1. The Bertz CT molecular complexity index is 1370. The van der Waals surface area contributed by atoms with Crippen molar-refractivity contribution in [2.24, 2.45) is 5.92 Å². The quantitative estimate of drug-likeness (QED) is 0.237. The molecule has 0 aliphatic rings. The van der Waals surface area contributed by atoms with Gasteiger partial charge in [0.05, 0.1) is 26.3 Å². The van der Waals surface area contributed by atoms with E-state index < -0.39 is 29.8 Å². The van der Waals surface area contributed by atoms with Gasteiger partial charge in [0, 0.05) is 17.3 Å². The Labute approximate surface area is 238 Å². The molecule has 0 aliphatic heterocycles. The molecule has 0 saturated heterocycles. The summed E-state index contributed by atoms with van der Waals surface area (Å²) in [6.45, 7) is 3.66. The topological polar surface area (TPSA) is 160 Å². The molecule has 216 valence electrons. The Balaban J connectivity index is 1.51. The highest BCUT2D eigenvalue weighted by Gasteiger charge is 2.27. The molecule has 2 atom stereocenters. The zero-order valence-corrected chi connectivity index (χ0v) is 23.3. The number of methoxy groups -OCH3 is 2. The molecule has 5 amide bonds. The standard InChI is InChI=1S/C29H34N6O6/c1-5-18(2)26(31-27(37)21-12-13-23(40-3)24(17-21)41-4)28(38)33-35-29(39)34-32-25(36)16-19-9-8-10-20(15-19)22-11-6-7-14-30-22/h6-15,17-18,26H,5,16H2,1-4H3,(H,31,37)(H,32,36)(H,33,38)(H2,34,35,39). The molecule has 1 heterocycles. The van der Waals surface area contributed by atoms with Crippen molar-refractivity contribution in [2.75, 3.05) is 14.2 Å². The minimum atomic E-state index is -0.957. The first kappa shape index (κ1) is 30.4. The van der Waals surface area contributed by atoms with E-state index in [9.17, 15) is 19.2 Å². The van der Waals surface area contributed by atoms with E-state index in [0.717, 1.165) is 16.8 Å². The van der Waals surface area contributed by atoms with Crippen LogP contribution in [-0.4, -0.2) is 49.0 Å². The number of nitrogens with zero attached hydrogens (tertiary/aromatic N) is 1. The van der Waals surface area contributed by atoms with Gasteiger partial charge in [-0.15, -0.1) is 0 Å². The molecule has 41 heavy (non-hydrogen) atoms. The van der Waals surface area contributed by atoms with Crippen LogP contribution >= 0.6 is 0 Å². The third kappa shape index (κ3) is 8.68. The Morgan fingerprint density at radius 3 is 2.29 bits per heavy atom. The van der Waals surface area contributed by atoms with Crippen LogP contribution in [0.2, 0.25) is 0 Å². The van der Waals surface area contributed by atoms with Gasteiger partial charge in [-0.25, -0.2) is 15.6 Å². The fourth-order valence-corrected chi connectivity index (χ4v) is 3.86. The molecule has 0 saturated carbocycles. The first-order chi connectivity index (χ1) is 19.7. The van der Waals surface area contributed by atoms with Crippen LogP contribution in [0.1, 0.15) is 36.2 Å². The smallest absolute Gasteiger partial charge is 0.352 e. The third-order valence-electron chi connectivity index (χ3n) is 6.29. The number of nitrogens with one attached hydrogen (secondary N) is 5. The van der Waals surface area contributed by atoms with Gasteiger partial charge in [-0.1, -0.05) is 44.5 Å². The molecule has 0 fully saturated rings. The summed E-state index contributed by atoms with van der Waals surface area (Å²) >= 11 is 0. The molecular weight excluding hydrogens is 528 g/mol. The van der Waals surface area contributed by atoms with Crippen LogP contribution < -0.4 is 36.5 Å². The minimum absolute atomic E-state index is 0.00553. The van der Waals surface area contributed by atoms with Gasteiger partial charge in [0.25, 0.3) is 11.8 Å². The molecule has 2 aromatic carbocycles. The number of benzene rings is 2. The summed E-state index contributed by atoms with van der Waals surface area (Å²) in [5.41, 5.74) is 11.6. The van der Waals surface area contributed by atoms with E-state index >= 15 is 0 Å². The van der Waals surface area contributed by atoms with Crippen LogP contribution in [0.4, 0.5) is 4.79 Å². The molecule has 12 heteroatoms. The average Bonchev–Trinajstić information content (AvgIpc) is 3.01. The van der Waals surface area contributed by atoms with E-state index in [1.807, 2.05) is 43.3 Å². The Hall–Kier alpha value is -5.13. The van der Waals surface area contributed by atoms with Gasteiger partial charge >= 0.3 is 6.03 Å². The number of amides is 5. The summed E-state index contributed by atoms with van der Waals surface area (Å²) in [4.78, 5) is 54.6. The van der Waals surface area contributed by atoms with Crippen molar-refractivity contribution in [3.63, 3.8) is 0 Å². The average molecular weight is 563 g/mol. The van der Waals surface area contributed by atoms with E-state index in [0.29, 0.717) is 17.9 Å². The van der Waals surface area contributed by atoms with E-state index in [1.165, 1.54) is 20.3 Å². The maximum Gasteiger partial charge on any atom is 0.352 e. The lowest BCUT2D eigenvalue weighted by Gasteiger charge is -2.24. The molecule has 1 aromatic heterocycles. The third-order valence-corrected chi connectivity index (χ3v) is 6.29. The fourth-order valence-electron chi connectivity index (χ4n) is 3.86. The number of carbonyl (C=O) groups excluding carboxylic acids is 4. The second-order valence-electron chi connectivity index (χ2n) is 9.12. The van der Waals surface area contributed by atoms with Crippen LogP contribution in [0.5, 0.6) is 11.5 Å². The summed E-state index contributed by atoms with van der Waals surface area (Å²) in [7, 11) is 2.94. The highest BCUT2D eigenvalue weighted by atomic mass is 16.5. The van der Waals surface area contributed by atoms with Crippen LogP contribution in [0.15, 0.2) is 66.9 Å². The zero-order chi connectivity index (χ0) is 29.8. The van der Waals surface area contributed by atoms with Gasteiger partial charge in [-0.3, -0.25) is 30.2 Å². The molecular formula is C29H34N6O6. The molecule has 0 bridgehead atoms. The monoisotopic (exact) mass is 562 g/mol.